The number of halogens is 3. The van der Waals surface area contributed by atoms with E-state index < -0.39 is 0 Å². The van der Waals surface area contributed by atoms with Gasteiger partial charge in [0.05, 0.1) is 26.5 Å². The highest BCUT2D eigenvalue weighted by Gasteiger charge is 2.18. The van der Waals surface area contributed by atoms with Gasteiger partial charge in [0.1, 0.15) is 5.52 Å². The van der Waals surface area contributed by atoms with Crippen LogP contribution in [0, 0.1) is 6.92 Å². The third kappa shape index (κ3) is 3.21. The fourth-order valence-corrected chi connectivity index (χ4v) is 3.90. The van der Waals surface area contributed by atoms with Gasteiger partial charge in [0.15, 0.2) is 0 Å². The first-order chi connectivity index (χ1) is 13.0. The van der Waals surface area contributed by atoms with Crippen LogP contribution in [0.3, 0.4) is 0 Å². The van der Waals surface area contributed by atoms with Crippen LogP contribution >= 0.6 is 34.8 Å². The molecule has 0 aliphatic carbocycles. The number of nitrogens with zero attached hydrogens (tertiary/aromatic N) is 3. The van der Waals surface area contributed by atoms with E-state index in [1.807, 2.05) is 31.2 Å². The number of hydrogen-bond donors (Lipinski definition) is 1. The quantitative estimate of drug-likeness (QED) is 0.423. The number of fused-ring (bicyclic) bond motifs is 1. The highest BCUT2D eigenvalue weighted by molar-refractivity contribution is 6.39. The van der Waals surface area contributed by atoms with Crippen molar-refractivity contribution in [2.45, 2.75) is 6.92 Å². The van der Waals surface area contributed by atoms with Crippen LogP contribution in [-0.4, -0.2) is 15.0 Å². The van der Waals surface area contributed by atoms with E-state index in [9.17, 15) is 0 Å². The van der Waals surface area contributed by atoms with Crippen molar-refractivity contribution in [2.75, 3.05) is 5.73 Å². The summed E-state index contributed by atoms with van der Waals surface area (Å²) in [6.07, 6.45) is 1.67. The van der Waals surface area contributed by atoms with Gasteiger partial charge in [-0.25, -0.2) is 9.97 Å². The first-order valence-corrected chi connectivity index (χ1v) is 9.22. The Morgan fingerprint density at radius 3 is 2.30 bits per heavy atom. The number of nitrogen functional groups attached to an aromatic ring is 1. The molecule has 0 aliphatic heterocycles. The van der Waals surface area contributed by atoms with Crippen LogP contribution in [0.4, 0.5) is 5.95 Å². The van der Waals surface area contributed by atoms with Gasteiger partial charge in [0.2, 0.25) is 5.95 Å². The molecule has 0 amide bonds. The summed E-state index contributed by atoms with van der Waals surface area (Å²) in [4.78, 5) is 13.3. The molecule has 134 valence electrons. The van der Waals surface area contributed by atoms with Gasteiger partial charge in [-0.3, -0.25) is 4.98 Å². The maximum absolute atomic E-state index is 6.46. The lowest BCUT2D eigenvalue weighted by atomic mass is 10.0. The van der Waals surface area contributed by atoms with E-state index in [1.165, 1.54) is 0 Å². The van der Waals surface area contributed by atoms with E-state index in [0.717, 1.165) is 16.5 Å². The SMILES string of the molecule is Cc1ccc(-c2nc(N)nc3c(-c4c(Cl)cccc4Cl)nccc23)c(Cl)c1. The predicted molar refractivity (Wildman–Crippen MR) is 112 cm³/mol. The third-order valence-electron chi connectivity index (χ3n) is 4.21. The van der Waals surface area contributed by atoms with Gasteiger partial charge in [-0.1, -0.05) is 53.0 Å². The minimum Gasteiger partial charge on any atom is -0.368 e. The average molecular weight is 416 g/mol. The Morgan fingerprint density at radius 2 is 1.59 bits per heavy atom. The second-order valence-electron chi connectivity index (χ2n) is 6.07. The molecular formula is C20H13Cl3N4. The Kier molecular flexibility index (Phi) is 4.64. The number of aryl methyl sites for hydroxylation is 1. The first-order valence-electron chi connectivity index (χ1n) is 8.09. The summed E-state index contributed by atoms with van der Waals surface area (Å²) in [5, 5.41) is 2.31. The van der Waals surface area contributed by atoms with Gasteiger partial charge in [0, 0.05) is 22.7 Å². The number of pyridine rings is 1. The normalized spacial score (nSPS) is 11.1. The van der Waals surface area contributed by atoms with Gasteiger partial charge in [0.25, 0.3) is 0 Å². The minimum atomic E-state index is 0.117. The Balaban J connectivity index is 2.08. The Hall–Kier alpha value is -2.40. The van der Waals surface area contributed by atoms with Crippen molar-refractivity contribution in [3.63, 3.8) is 0 Å². The van der Waals surface area contributed by atoms with Gasteiger partial charge in [-0.05, 0) is 36.8 Å². The smallest absolute Gasteiger partial charge is 0.221 e. The number of aromatic nitrogens is 3. The van der Waals surface area contributed by atoms with Crippen molar-refractivity contribution in [3.8, 4) is 22.5 Å². The molecule has 27 heavy (non-hydrogen) atoms. The zero-order valence-corrected chi connectivity index (χ0v) is 16.4. The molecule has 7 heteroatoms. The molecule has 2 aromatic heterocycles. The molecule has 4 aromatic rings. The van der Waals surface area contributed by atoms with Crippen molar-refractivity contribution in [1.82, 2.24) is 15.0 Å². The summed E-state index contributed by atoms with van der Waals surface area (Å²) in [5.41, 5.74) is 10.2. The lowest BCUT2D eigenvalue weighted by Gasteiger charge is -2.13. The highest BCUT2D eigenvalue weighted by atomic mass is 35.5. The lowest BCUT2D eigenvalue weighted by Crippen LogP contribution is -2.01. The molecule has 0 atom stereocenters. The molecule has 0 fully saturated rings. The molecule has 2 aromatic carbocycles. The maximum atomic E-state index is 6.46. The van der Waals surface area contributed by atoms with Crippen molar-refractivity contribution in [3.05, 3.63) is 69.3 Å². The molecule has 0 saturated carbocycles. The van der Waals surface area contributed by atoms with E-state index in [2.05, 4.69) is 15.0 Å². The molecule has 4 nitrogen and oxygen atoms in total. The van der Waals surface area contributed by atoms with Crippen molar-refractivity contribution >= 4 is 51.7 Å². The fraction of sp³-hybridized carbons (Fsp3) is 0.0500. The lowest BCUT2D eigenvalue weighted by molar-refractivity contribution is 1.22. The summed E-state index contributed by atoms with van der Waals surface area (Å²) in [5.74, 6) is 0.117. The molecule has 0 unspecified atom stereocenters. The van der Waals surface area contributed by atoms with E-state index in [1.54, 1.807) is 24.4 Å². The minimum absolute atomic E-state index is 0.117. The van der Waals surface area contributed by atoms with Crippen LogP contribution in [0.15, 0.2) is 48.7 Å². The van der Waals surface area contributed by atoms with Gasteiger partial charge in [-0.2, -0.15) is 0 Å². The van der Waals surface area contributed by atoms with Crippen molar-refractivity contribution < 1.29 is 0 Å². The van der Waals surface area contributed by atoms with Crippen LogP contribution in [0.25, 0.3) is 33.4 Å². The molecule has 0 radical (unpaired) electrons. The zero-order valence-electron chi connectivity index (χ0n) is 14.2. The van der Waals surface area contributed by atoms with Gasteiger partial charge >= 0.3 is 0 Å². The van der Waals surface area contributed by atoms with E-state index in [4.69, 9.17) is 40.5 Å². The second-order valence-corrected chi connectivity index (χ2v) is 7.29. The fourth-order valence-electron chi connectivity index (χ4n) is 3.00. The van der Waals surface area contributed by atoms with Crippen LogP contribution in [0.2, 0.25) is 15.1 Å². The number of anilines is 1. The van der Waals surface area contributed by atoms with Crippen molar-refractivity contribution in [2.24, 2.45) is 0 Å². The maximum Gasteiger partial charge on any atom is 0.221 e. The molecule has 2 heterocycles. The Bertz CT molecular complexity index is 1170. The number of nitrogens with two attached hydrogens (primary N) is 1. The van der Waals surface area contributed by atoms with E-state index in [0.29, 0.717) is 37.5 Å². The molecule has 0 saturated heterocycles. The van der Waals surface area contributed by atoms with E-state index in [-0.39, 0.29) is 5.95 Å². The van der Waals surface area contributed by atoms with Gasteiger partial charge < -0.3 is 5.73 Å². The highest BCUT2D eigenvalue weighted by Crippen LogP contribution is 2.39. The van der Waals surface area contributed by atoms with Gasteiger partial charge in [-0.15, -0.1) is 0 Å². The predicted octanol–water partition coefficient (Wildman–Crippen LogP) is 6.21. The Morgan fingerprint density at radius 1 is 0.852 bits per heavy atom. The largest absolute Gasteiger partial charge is 0.368 e. The summed E-state index contributed by atoms with van der Waals surface area (Å²) in [6.45, 7) is 1.98. The van der Waals surface area contributed by atoms with E-state index >= 15 is 0 Å². The number of hydrogen-bond acceptors (Lipinski definition) is 4. The van der Waals surface area contributed by atoms with Crippen molar-refractivity contribution in [1.29, 1.82) is 0 Å². The third-order valence-corrected chi connectivity index (χ3v) is 5.15. The summed E-state index contributed by atoms with van der Waals surface area (Å²) in [7, 11) is 0. The second kappa shape index (κ2) is 6.97. The standard InChI is InChI=1S/C20H13Cl3N4/c1-10-5-6-11(15(23)9-10)17-12-7-8-25-19(18(12)27-20(24)26-17)16-13(21)3-2-4-14(16)22/h2-9H,1H3,(H2,24,26,27). The molecule has 0 bridgehead atoms. The summed E-state index contributed by atoms with van der Waals surface area (Å²) < 4.78 is 0. The van der Waals surface area contributed by atoms with Crippen LogP contribution in [0.5, 0.6) is 0 Å². The molecule has 2 N–H and O–H groups in total. The monoisotopic (exact) mass is 414 g/mol. The van der Waals surface area contributed by atoms with Crippen LogP contribution in [0.1, 0.15) is 5.56 Å². The summed E-state index contributed by atoms with van der Waals surface area (Å²) >= 11 is 19.2. The number of rotatable bonds is 2. The topological polar surface area (TPSA) is 64.7 Å². The Labute approximate surface area is 171 Å². The number of benzene rings is 2. The molecule has 4 rings (SSSR count). The molecule has 0 spiro atoms. The molecular weight excluding hydrogens is 403 g/mol. The first kappa shape index (κ1) is 18.0. The summed E-state index contributed by atoms with van der Waals surface area (Å²) in [6, 6.07) is 12.9. The molecule has 0 aliphatic rings. The van der Waals surface area contributed by atoms with Crippen LogP contribution < -0.4 is 5.73 Å². The zero-order chi connectivity index (χ0) is 19.1. The van der Waals surface area contributed by atoms with Crippen LogP contribution in [-0.2, 0) is 0 Å². The average Bonchev–Trinajstić information content (AvgIpc) is 2.61.